The summed E-state index contributed by atoms with van der Waals surface area (Å²) in [4.78, 5) is 27.6. The van der Waals surface area contributed by atoms with Crippen LogP contribution in [0.25, 0.3) is 0 Å². The number of rotatable bonds is 6. The number of likely N-dealkylation sites (tertiary alicyclic amines) is 1. The fourth-order valence-electron chi connectivity index (χ4n) is 3.79. The van der Waals surface area contributed by atoms with Crippen LogP contribution >= 0.6 is 0 Å². The molecule has 1 aliphatic heterocycles. The molecule has 0 aromatic carbocycles. The fourth-order valence-corrected chi connectivity index (χ4v) is 3.79. The molecule has 1 fully saturated rings. The smallest absolute Gasteiger partial charge is 0.223 e. The second-order valence-electron chi connectivity index (χ2n) is 7.28. The molecule has 0 spiro atoms. The number of piperidine rings is 1. The zero-order valence-electron chi connectivity index (χ0n) is 16.1. The first kappa shape index (κ1) is 18.3. The van der Waals surface area contributed by atoms with Crippen molar-refractivity contribution in [2.24, 2.45) is 0 Å². The van der Waals surface area contributed by atoms with E-state index in [0.717, 1.165) is 44.1 Å². The van der Waals surface area contributed by atoms with Crippen molar-refractivity contribution >= 4 is 5.91 Å². The van der Waals surface area contributed by atoms with Crippen LogP contribution in [-0.4, -0.2) is 53.6 Å². The van der Waals surface area contributed by atoms with E-state index in [-0.39, 0.29) is 11.8 Å². The molecule has 3 aromatic rings. The van der Waals surface area contributed by atoms with Crippen molar-refractivity contribution in [3.05, 3.63) is 60.0 Å². The van der Waals surface area contributed by atoms with Crippen molar-refractivity contribution in [3.63, 3.8) is 0 Å². The minimum absolute atomic E-state index is 0.166. The van der Waals surface area contributed by atoms with E-state index in [1.54, 1.807) is 0 Å². The lowest BCUT2D eigenvalue weighted by Crippen LogP contribution is -2.40. The third-order valence-corrected chi connectivity index (χ3v) is 5.20. The highest BCUT2D eigenvalue weighted by Gasteiger charge is 2.27. The molecule has 1 saturated heterocycles. The minimum Gasteiger partial charge on any atom is -0.342 e. The maximum Gasteiger partial charge on any atom is 0.223 e. The maximum atomic E-state index is 12.7. The zero-order valence-corrected chi connectivity index (χ0v) is 16.1. The summed E-state index contributed by atoms with van der Waals surface area (Å²) in [6.07, 6.45) is 10.5. The molecule has 1 N–H and O–H groups in total. The predicted octanol–water partition coefficient (Wildman–Crippen LogP) is 2.09. The van der Waals surface area contributed by atoms with E-state index >= 15 is 0 Å². The van der Waals surface area contributed by atoms with E-state index in [0.29, 0.717) is 18.7 Å². The van der Waals surface area contributed by atoms with Crippen LogP contribution in [0.15, 0.2) is 36.9 Å². The maximum absolute atomic E-state index is 12.7. The highest BCUT2D eigenvalue weighted by Crippen LogP contribution is 2.26. The monoisotopic (exact) mass is 379 g/mol. The zero-order chi connectivity index (χ0) is 19.3. The van der Waals surface area contributed by atoms with Crippen molar-refractivity contribution in [2.75, 3.05) is 13.1 Å². The number of amides is 1. The van der Waals surface area contributed by atoms with Gasteiger partial charge in [0, 0.05) is 63.2 Å². The third kappa shape index (κ3) is 4.27. The van der Waals surface area contributed by atoms with Gasteiger partial charge in [-0.25, -0.2) is 9.97 Å². The minimum atomic E-state index is 0.166. The van der Waals surface area contributed by atoms with Gasteiger partial charge in [-0.05, 0) is 37.5 Å². The lowest BCUT2D eigenvalue weighted by molar-refractivity contribution is -0.132. The number of nitrogens with one attached hydrogen (secondary N) is 1. The molecule has 8 nitrogen and oxygen atoms in total. The Morgan fingerprint density at radius 3 is 2.93 bits per heavy atom. The Balaban J connectivity index is 1.38. The number of aromatic nitrogens is 6. The molecule has 3 aromatic heterocycles. The number of H-pyrrole nitrogens is 1. The standard InChI is InChI=1S/C20H25N7O/c1-15-23-18(25-24-15)4-5-19(28)26-11-2-3-17(14-26)20-22-10-12-27(20)13-16-6-8-21-9-7-16/h6-10,12,17H,2-5,11,13-14H2,1H3,(H,23,24,25). The average Bonchev–Trinajstić information content (AvgIpc) is 3.36. The highest BCUT2D eigenvalue weighted by atomic mass is 16.2. The van der Waals surface area contributed by atoms with Crippen molar-refractivity contribution < 1.29 is 4.79 Å². The molecule has 1 atom stereocenters. The topological polar surface area (TPSA) is 92.6 Å². The van der Waals surface area contributed by atoms with E-state index in [1.165, 1.54) is 5.56 Å². The second-order valence-corrected chi connectivity index (χ2v) is 7.28. The van der Waals surface area contributed by atoms with E-state index < -0.39 is 0 Å². The van der Waals surface area contributed by atoms with Gasteiger partial charge in [0.15, 0.2) is 5.82 Å². The molecule has 1 aliphatic rings. The van der Waals surface area contributed by atoms with Crippen LogP contribution in [0, 0.1) is 6.92 Å². The van der Waals surface area contributed by atoms with Gasteiger partial charge in [-0.2, -0.15) is 5.10 Å². The van der Waals surface area contributed by atoms with Gasteiger partial charge in [-0.3, -0.25) is 14.9 Å². The summed E-state index contributed by atoms with van der Waals surface area (Å²) < 4.78 is 2.18. The van der Waals surface area contributed by atoms with Crippen molar-refractivity contribution in [1.29, 1.82) is 0 Å². The summed E-state index contributed by atoms with van der Waals surface area (Å²) in [5.74, 6) is 2.97. The molecule has 1 amide bonds. The Labute approximate surface area is 164 Å². The molecule has 146 valence electrons. The largest absolute Gasteiger partial charge is 0.342 e. The molecule has 0 aliphatic carbocycles. The summed E-state index contributed by atoms with van der Waals surface area (Å²) in [6, 6.07) is 4.04. The fraction of sp³-hybridized carbons (Fsp3) is 0.450. The van der Waals surface area contributed by atoms with E-state index in [2.05, 4.69) is 29.7 Å². The van der Waals surface area contributed by atoms with Crippen LogP contribution < -0.4 is 0 Å². The number of imidazole rings is 1. The van der Waals surface area contributed by atoms with Crippen LogP contribution in [0.1, 0.15) is 48.2 Å². The molecule has 4 rings (SSSR count). The molecule has 0 saturated carbocycles. The molecule has 0 radical (unpaired) electrons. The lowest BCUT2D eigenvalue weighted by atomic mass is 9.96. The summed E-state index contributed by atoms with van der Waals surface area (Å²) in [7, 11) is 0. The van der Waals surface area contributed by atoms with Gasteiger partial charge < -0.3 is 9.47 Å². The average molecular weight is 379 g/mol. The van der Waals surface area contributed by atoms with E-state index in [4.69, 9.17) is 0 Å². The number of aromatic amines is 1. The number of aryl methyl sites for hydroxylation is 2. The van der Waals surface area contributed by atoms with Crippen molar-refractivity contribution in [2.45, 2.75) is 45.1 Å². The second kappa shape index (κ2) is 8.33. The van der Waals surface area contributed by atoms with Gasteiger partial charge in [-0.1, -0.05) is 0 Å². The first-order valence-electron chi connectivity index (χ1n) is 9.74. The highest BCUT2D eigenvalue weighted by molar-refractivity contribution is 5.76. The number of pyridine rings is 1. The summed E-state index contributed by atoms with van der Waals surface area (Å²) in [6.45, 7) is 4.17. The number of carbonyl (C=O) groups excluding carboxylic acids is 1. The summed E-state index contributed by atoms with van der Waals surface area (Å²) in [5, 5.41) is 6.94. The van der Waals surface area contributed by atoms with Crippen molar-refractivity contribution in [1.82, 2.24) is 34.6 Å². The number of hydrogen-bond acceptors (Lipinski definition) is 5. The normalized spacial score (nSPS) is 17.0. The van der Waals surface area contributed by atoms with Gasteiger partial charge in [0.2, 0.25) is 5.91 Å². The van der Waals surface area contributed by atoms with Gasteiger partial charge in [0.25, 0.3) is 0 Å². The first-order valence-corrected chi connectivity index (χ1v) is 9.74. The van der Waals surface area contributed by atoms with Gasteiger partial charge in [0.1, 0.15) is 11.6 Å². The Kier molecular flexibility index (Phi) is 5.45. The predicted molar refractivity (Wildman–Crippen MR) is 104 cm³/mol. The van der Waals surface area contributed by atoms with Gasteiger partial charge in [-0.15, -0.1) is 0 Å². The molecule has 0 bridgehead atoms. The Morgan fingerprint density at radius 2 is 2.14 bits per heavy atom. The van der Waals surface area contributed by atoms with Crippen LogP contribution in [0.5, 0.6) is 0 Å². The van der Waals surface area contributed by atoms with Crippen LogP contribution in [0.4, 0.5) is 0 Å². The Bertz CT molecular complexity index is 918. The lowest BCUT2D eigenvalue weighted by Gasteiger charge is -2.32. The van der Waals surface area contributed by atoms with Crippen LogP contribution in [0.2, 0.25) is 0 Å². The number of hydrogen-bond donors (Lipinski definition) is 1. The molecule has 4 heterocycles. The molecule has 28 heavy (non-hydrogen) atoms. The number of carbonyl (C=O) groups is 1. The number of nitrogens with zero attached hydrogens (tertiary/aromatic N) is 6. The van der Waals surface area contributed by atoms with Gasteiger partial charge in [0.05, 0.1) is 0 Å². The summed E-state index contributed by atoms with van der Waals surface area (Å²) in [5.41, 5.74) is 1.19. The first-order chi connectivity index (χ1) is 13.7. The molecular formula is C20H25N7O. The SMILES string of the molecule is Cc1nc(CCC(=O)N2CCCC(c3nccn3Cc3ccncc3)C2)n[nH]1. The van der Waals surface area contributed by atoms with Crippen molar-refractivity contribution in [3.8, 4) is 0 Å². The molecule has 8 heteroatoms. The summed E-state index contributed by atoms with van der Waals surface area (Å²) >= 11 is 0. The van der Waals surface area contributed by atoms with Crippen LogP contribution in [-0.2, 0) is 17.8 Å². The van der Waals surface area contributed by atoms with E-state index in [9.17, 15) is 4.79 Å². The van der Waals surface area contributed by atoms with Gasteiger partial charge >= 0.3 is 0 Å². The third-order valence-electron chi connectivity index (χ3n) is 5.20. The Morgan fingerprint density at radius 1 is 1.29 bits per heavy atom. The van der Waals surface area contributed by atoms with E-state index in [1.807, 2.05) is 48.7 Å². The quantitative estimate of drug-likeness (QED) is 0.708. The van der Waals surface area contributed by atoms with Crippen LogP contribution in [0.3, 0.4) is 0 Å². The Hall–Kier alpha value is -3.03. The molecule has 1 unspecified atom stereocenters. The molecular weight excluding hydrogens is 354 g/mol.